The summed E-state index contributed by atoms with van der Waals surface area (Å²) in [6.45, 7) is 5.57. The zero-order valence-electron chi connectivity index (χ0n) is 16.0. The summed E-state index contributed by atoms with van der Waals surface area (Å²) in [5.41, 5.74) is -0.421. The molecule has 0 saturated carbocycles. The Morgan fingerprint density at radius 2 is 2.04 bits per heavy atom. The van der Waals surface area contributed by atoms with Gasteiger partial charge in [-0.05, 0) is 23.1 Å². The number of anilines is 1. The number of benzene rings is 1. The molecular weight excluding hydrogens is 364 g/mol. The fourth-order valence-corrected chi connectivity index (χ4v) is 2.53. The van der Waals surface area contributed by atoms with E-state index in [4.69, 9.17) is 10.00 Å². The molecule has 1 aromatic heterocycles. The van der Waals surface area contributed by atoms with E-state index in [9.17, 15) is 19.7 Å². The van der Waals surface area contributed by atoms with E-state index in [-0.39, 0.29) is 5.41 Å². The highest BCUT2D eigenvalue weighted by molar-refractivity contribution is 5.92. The van der Waals surface area contributed by atoms with Crippen LogP contribution in [-0.4, -0.2) is 22.5 Å². The van der Waals surface area contributed by atoms with Crippen molar-refractivity contribution in [2.75, 3.05) is 12.4 Å². The van der Waals surface area contributed by atoms with Crippen molar-refractivity contribution in [3.8, 4) is 11.8 Å². The SMILES string of the molecule is COc1ccc(C(C)(C)C)cc1NC(=O)Cn1cc([N+](=O)[O-])cc(C#N)c1=O. The maximum Gasteiger partial charge on any atom is 0.287 e. The van der Waals surface area contributed by atoms with E-state index in [2.05, 4.69) is 5.32 Å². The molecule has 2 aromatic rings. The predicted molar refractivity (Wildman–Crippen MR) is 102 cm³/mol. The smallest absolute Gasteiger partial charge is 0.287 e. The number of hydrogen-bond donors (Lipinski definition) is 1. The first kappa shape index (κ1) is 20.6. The van der Waals surface area contributed by atoms with Crippen molar-refractivity contribution >= 4 is 17.3 Å². The van der Waals surface area contributed by atoms with Gasteiger partial charge in [-0.3, -0.25) is 24.3 Å². The van der Waals surface area contributed by atoms with E-state index in [1.54, 1.807) is 18.2 Å². The van der Waals surface area contributed by atoms with E-state index in [0.29, 0.717) is 11.4 Å². The molecule has 0 fully saturated rings. The molecule has 146 valence electrons. The second-order valence-electron chi connectivity index (χ2n) is 7.13. The fourth-order valence-electron chi connectivity index (χ4n) is 2.53. The first-order valence-corrected chi connectivity index (χ1v) is 8.34. The van der Waals surface area contributed by atoms with E-state index in [0.717, 1.165) is 22.4 Å². The van der Waals surface area contributed by atoms with Crippen LogP contribution in [0.3, 0.4) is 0 Å². The van der Waals surface area contributed by atoms with Gasteiger partial charge in [-0.15, -0.1) is 0 Å². The van der Waals surface area contributed by atoms with Crippen LogP contribution in [0.1, 0.15) is 31.9 Å². The monoisotopic (exact) mass is 384 g/mol. The largest absolute Gasteiger partial charge is 0.495 e. The molecule has 0 spiro atoms. The fraction of sp³-hybridized carbons (Fsp3) is 0.316. The van der Waals surface area contributed by atoms with Crippen LogP contribution >= 0.6 is 0 Å². The molecule has 1 amide bonds. The van der Waals surface area contributed by atoms with Crippen molar-refractivity contribution in [3.05, 3.63) is 62.1 Å². The summed E-state index contributed by atoms with van der Waals surface area (Å²) < 4.78 is 6.10. The van der Waals surface area contributed by atoms with E-state index < -0.39 is 34.2 Å². The van der Waals surface area contributed by atoms with Crippen LogP contribution < -0.4 is 15.6 Å². The number of carbonyl (C=O) groups excluding carboxylic acids is 1. The quantitative estimate of drug-likeness (QED) is 0.623. The number of nitriles is 1. The van der Waals surface area contributed by atoms with Crippen molar-refractivity contribution in [2.45, 2.75) is 32.7 Å². The Morgan fingerprint density at radius 3 is 2.57 bits per heavy atom. The number of methoxy groups -OCH3 is 1. The predicted octanol–water partition coefficient (Wildman–Crippen LogP) is 2.57. The summed E-state index contributed by atoms with van der Waals surface area (Å²) in [7, 11) is 1.46. The lowest BCUT2D eigenvalue weighted by atomic mass is 9.87. The van der Waals surface area contributed by atoms with Gasteiger partial charge in [0.1, 0.15) is 23.9 Å². The number of carbonyl (C=O) groups is 1. The number of rotatable bonds is 5. The zero-order valence-corrected chi connectivity index (χ0v) is 16.0. The van der Waals surface area contributed by atoms with Crippen molar-refractivity contribution in [1.29, 1.82) is 5.26 Å². The van der Waals surface area contributed by atoms with Gasteiger partial charge in [0, 0.05) is 6.07 Å². The highest BCUT2D eigenvalue weighted by Gasteiger charge is 2.19. The third-order valence-corrected chi connectivity index (χ3v) is 4.06. The average molecular weight is 384 g/mol. The first-order chi connectivity index (χ1) is 13.1. The number of amides is 1. The number of ether oxygens (including phenoxy) is 1. The van der Waals surface area contributed by atoms with Crippen molar-refractivity contribution in [3.63, 3.8) is 0 Å². The topological polar surface area (TPSA) is 127 Å². The minimum atomic E-state index is -0.779. The number of nitro groups is 1. The highest BCUT2D eigenvalue weighted by atomic mass is 16.6. The van der Waals surface area contributed by atoms with Gasteiger partial charge in [-0.2, -0.15) is 5.26 Å². The molecule has 9 heteroatoms. The Morgan fingerprint density at radius 1 is 1.36 bits per heavy atom. The maximum atomic E-state index is 12.5. The Labute approximate surface area is 161 Å². The number of nitrogens with one attached hydrogen (secondary N) is 1. The van der Waals surface area contributed by atoms with Crippen LogP contribution in [-0.2, 0) is 16.8 Å². The summed E-state index contributed by atoms with van der Waals surface area (Å²) >= 11 is 0. The molecule has 1 heterocycles. The lowest BCUT2D eigenvalue weighted by molar-refractivity contribution is -0.385. The van der Waals surface area contributed by atoms with Gasteiger partial charge in [0.05, 0.1) is 23.9 Å². The van der Waals surface area contributed by atoms with Gasteiger partial charge < -0.3 is 10.1 Å². The summed E-state index contributed by atoms with van der Waals surface area (Å²) in [5, 5.41) is 22.6. The lowest BCUT2D eigenvalue weighted by Gasteiger charge is -2.21. The van der Waals surface area contributed by atoms with E-state index in [1.165, 1.54) is 7.11 Å². The normalized spacial score (nSPS) is 10.8. The van der Waals surface area contributed by atoms with Crippen LogP contribution in [0, 0.1) is 21.4 Å². The number of hydrogen-bond acceptors (Lipinski definition) is 6. The Kier molecular flexibility index (Phi) is 5.84. The van der Waals surface area contributed by atoms with Gasteiger partial charge in [0.15, 0.2) is 0 Å². The Balaban J connectivity index is 2.35. The molecule has 0 aliphatic carbocycles. The third kappa shape index (κ3) is 4.54. The van der Waals surface area contributed by atoms with E-state index in [1.807, 2.05) is 26.8 Å². The molecule has 0 atom stereocenters. The highest BCUT2D eigenvalue weighted by Crippen LogP contribution is 2.31. The van der Waals surface area contributed by atoms with Gasteiger partial charge in [0.2, 0.25) is 5.91 Å². The minimum absolute atomic E-state index is 0.162. The van der Waals surface area contributed by atoms with Gasteiger partial charge in [0.25, 0.3) is 11.2 Å². The van der Waals surface area contributed by atoms with Crippen molar-refractivity contribution < 1.29 is 14.5 Å². The summed E-state index contributed by atoms with van der Waals surface area (Å²) in [6.07, 6.45) is 0.936. The molecule has 0 radical (unpaired) electrons. The summed E-state index contributed by atoms with van der Waals surface area (Å²) in [6, 6.07) is 7.87. The molecule has 28 heavy (non-hydrogen) atoms. The molecule has 9 nitrogen and oxygen atoms in total. The third-order valence-electron chi connectivity index (χ3n) is 4.06. The molecule has 0 unspecified atom stereocenters. The second-order valence-corrected chi connectivity index (χ2v) is 7.13. The second kappa shape index (κ2) is 7.92. The van der Waals surface area contributed by atoms with Crippen LogP contribution in [0.5, 0.6) is 5.75 Å². The molecule has 1 aromatic carbocycles. The van der Waals surface area contributed by atoms with Gasteiger partial charge in [-0.1, -0.05) is 26.8 Å². The van der Waals surface area contributed by atoms with Crippen LogP contribution in [0.4, 0.5) is 11.4 Å². The summed E-state index contributed by atoms with van der Waals surface area (Å²) in [4.78, 5) is 34.9. The van der Waals surface area contributed by atoms with Crippen LogP contribution in [0.15, 0.2) is 35.3 Å². The minimum Gasteiger partial charge on any atom is -0.495 e. The maximum absolute atomic E-state index is 12.5. The molecular formula is C19H20N4O5. The van der Waals surface area contributed by atoms with E-state index >= 15 is 0 Å². The van der Waals surface area contributed by atoms with Crippen LogP contribution in [0.2, 0.25) is 0 Å². The molecule has 2 rings (SSSR count). The number of pyridine rings is 1. The Bertz CT molecular complexity index is 1030. The lowest BCUT2D eigenvalue weighted by Crippen LogP contribution is -2.29. The van der Waals surface area contributed by atoms with Crippen molar-refractivity contribution in [1.82, 2.24) is 4.57 Å². The molecule has 0 saturated heterocycles. The Hall–Kier alpha value is -3.67. The zero-order chi connectivity index (χ0) is 21.1. The average Bonchev–Trinajstić information content (AvgIpc) is 2.62. The number of aromatic nitrogens is 1. The molecule has 0 aliphatic rings. The molecule has 0 bridgehead atoms. The molecule has 0 aliphatic heterocycles. The summed E-state index contributed by atoms with van der Waals surface area (Å²) in [5.74, 6) is -0.152. The van der Waals surface area contributed by atoms with Gasteiger partial charge >= 0.3 is 0 Å². The van der Waals surface area contributed by atoms with Crippen molar-refractivity contribution in [2.24, 2.45) is 0 Å². The standard InChI is InChI=1S/C19H20N4O5/c1-19(2,3)13-5-6-16(28-4)15(8-13)21-17(24)11-22-10-14(23(26)27)7-12(9-20)18(22)25/h5-8,10H,11H2,1-4H3,(H,21,24). The number of nitrogens with zero attached hydrogens (tertiary/aromatic N) is 3. The molecule has 1 N–H and O–H groups in total. The van der Waals surface area contributed by atoms with Crippen LogP contribution in [0.25, 0.3) is 0 Å². The first-order valence-electron chi connectivity index (χ1n) is 8.34. The van der Waals surface area contributed by atoms with Gasteiger partial charge in [-0.25, -0.2) is 0 Å².